The summed E-state index contributed by atoms with van der Waals surface area (Å²) in [7, 11) is 0. The molecule has 1 atom stereocenters. The Morgan fingerprint density at radius 1 is 0.971 bits per heavy atom. The maximum Gasteiger partial charge on any atom is 0.237 e. The van der Waals surface area contributed by atoms with Crippen LogP contribution in [0.2, 0.25) is 0 Å². The smallest absolute Gasteiger partial charge is 0.237 e. The van der Waals surface area contributed by atoms with E-state index in [4.69, 9.17) is 4.74 Å². The minimum Gasteiger partial charge on any atom is -0.376 e. The number of thioether (sulfide) groups is 1. The number of aromatic nitrogens is 3. The van der Waals surface area contributed by atoms with E-state index in [0.717, 1.165) is 68.7 Å². The van der Waals surface area contributed by atoms with Crippen molar-refractivity contribution >= 4 is 29.3 Å². The quantitative estimate of drug-likeness (QED) is 0.498. The highest BCUT2D eigenvalue weighted by atomic mass is 32.2. The Kier molecular flexibility index (Phi) is 8.06. The van der Waals surface area contributed by atoms with Crippen molar-refractivity contribution in [1.82, 2.24) is 14.8 Å². The third-order valence-electron chi connectivity index (χ3n) is 7.31. The largest absolute Gasteiger partial charge is 0.376 e. The van der Waals surface area contributed by atoms with Crippen LogP contribution in [-0.2, 0) is 16.1 Å². The molecule has 7 nitrogen and oxygen atoms in total. The van der Waals surface area contributed by atoms with E-state index in [9.17, 15) is 4.79 Å². The number of anilines is 2. The molecule has 0 N–H and O–H groups in total. The zero-order chi connectivity index (χ0) is 23.2. The number of benzene rings is 1. The molecule has 8 heteroatoms. The topological polar surface area (TPSA) is 63.5 Å². The number of rotatable bonds is 8. The van der Waals surface area contributed by atoms with Gasteiger partial charge >= 0.3 is 0 Å². The Labute approximate surface area is 207 Å². The predicted octanol–water partition coefficient (Wildman–Crippen LogP) is 4.91. The predicted molar refractivity (Wildman–Crippen MR) is 137 cm³/mol. The molecule has 2 aliphatic heterocycles. The number of ether oxygens (including phenoxy) is 1. The molecule has 3 fully saturated rings. The fraction of sp³-hybridized carbons (Fsp3) is 0.654. The van der Waals surface area contributed by atoms with Gasteiger partial charge in [-0.05, 0) is 57.1 Å². The van der Waals surface area contributed by atoms with Gasteiger partial charge in [0.15, 0.2) is 5.16 Å². The van der Waals surface area contributed by atoms with Crippen LogP contribution in [0, 0.1) is 0 Å². The number of carbonyl (C=O) groups excluding carboxylic acids is 1. The first-order valence-corrected chi connectivity index (χ1v) is 14.1. The molecule has 3 aliphatic rings. The summed E-state index contributed by atoms with van der Waals surface area (Å²) in [6.07, 6.45) is 11.9. The van der Waals surface area contributed by atoms with Crippen molar-refractivity contribution in [2.45, 2.75) is 88.1 Å². The summed E-state index contributed by atoms with van der Waals surface area (Å²) in [5.74, 6) is 1.47. The normalized spacial score (nSPS) is 21.6. The van der Waals surface area contributed by atoms with Gasteiger partial charge in [0.2, 0.25) is 11.9 Å². The van der Waals surface area contributed by atoms with Crippen molar-refractivity contribution < 1.29 is 9.53 Å². The number of hydrogen-bond acceptors (Lipinski definition) is 6. The van der Waals surface area contributed by atoms with Gasteiger partial charge in [-0.1, -0.05) is 49.2 Å². The van der Waals surface area contributed by atoms with E-state index in [2.05, 4.69) is 36.7 Å². The zero-order valence-corrected chi connectivity index (χ0v) is 20.9. The number of hydrogen-bond donors (Lipinski definition) is 0. The summed E-state index contributed by atoms with van der Waals surface area (Å²) in [6, 6.07) is 10.5. The Morgan fingerprint density at radius 2 is 1.74 bits per heavy atom. The monoisotopic (exact) mass is 483 g/mol. The highest BCUT2D eigenvalue weighted by molar-refractivity contribution is 7.99. The first kappa shape index (κ1) is 23.7. The van der Waals surface area contributed by atoms with Gasteiger partial charge in [-0.25, -0.2) is 0 Å². The molecule has 1 unspecified atom stereocenters. The standard InChI is InChI=1S/C26H37N5O2S/c32-24(31(21-11-4-1-5-12-21)22-13-6-2-7-14-22)20-34-26-28-27-25(29-16-8-3-9-17-29)30(26)19-23-15-10-18-33-23/h1,4-5,11-12,22-23H,2-3,6-10,13-20H2. The first-order valence-electron chi connectivity index (χ1n) is 13.1. The fourth-order valence-electron chi connectivity index (χ4n) is 5.55. The second kappa shape index (κ2) is 11.6. The lowest BCUT2D eigenvalue weighted by molar-refractivity contribution is -0.116. The SMILES string of the molecule is O=C(CSc1nnc(N2CCCCC2)n1CC1CCCO1)N(c1ccccc1)C1CCCCC1. The Hall–Kier alpha value is -2.06. The Balaban J connectivity index is 1.33. The van der Waals surface area contributed by atoms with Crippen molar-refractivity contribution in [3.8, 4) is 0 Å². The molecular formula is C26H37N5O2S. The van der Waals surface area contributed by atoms with Crippen LogP contribution >= 0.6 is 11.8 Å². The number of amides is 1. The van der Waals surface area contributed by atoms with Crippen LogP contribution in [0.4, 0.5) is 11.6 Å². The van der Waals surface area contributed by atoms with Crippen LogP contribution in [0.3, 0.4) is 0 Å². The maximum atomic E-state index is 13.6. The summed E-state index contributed by atoms with van der Waals surface area (Å²) in [5, 5.41) is 9.98. The molecule has 5 rings (SSSR count). The van der Waals surface area contributed by atoms with Crippen molar-refractivity contribution in [1.29, 1.82) is 0 Å². The molecule has 2 saturated heterocycles. The molecule has 1 aromatic heterocycles. The number of nitrogens with zero attached hydrogens (tertiary/aromatic N) is 5. The average Bonchev–Trinajstić information content (AvgIpc) is 3.55. The summed E-state index contributed by atoms with van der Waals surface area (Å²) in [6.45, 7) is 3.65. The minimum absolute atomic E-state index is 0.161. The molecule has 0 bridgehead atoms. The van der Waals surface area contributed by atoms with Gasteiger partial charge < -0.3 is 14.5 Å². The van der Waals surface area contributed by atoms with E-state index < -0.39 is 0 Å². The molecule has 1 amide bonds. The van der Waals surface area contributed by atoms with Crippen molar-refractivity contribution in [3.05, 3.63) is 30.3 Å². The van der Waals surface area contributed by atoms with Crippen LogP contribution < -0.4 is 9.80 Å². The van der Waals surface area contributed by atoms with Gasteiger partial charge in [0.1, 0.15) is 0 Å². The van der Waals surface area contributed by atoms with Crippen LogP contribution in [0.25, 0.3) is 0 Å². The summed E-state index contributed by atoms with van der Waals surface area (Å²) < 4.78 is 8.16. The van der Waals surface area contributed by atoms with Crippen LogP contribution in [-0.4, -0.2) is 58.3 Å². The molecule has 1 aromatic carbocycles. The number of piperidine rings is 1. The van der Waals surface area contributed by atoms with Crippen molar-refractivity contribution in [2.75, 3.05) is 35.2 Å². The molecule has 3 heterocycles. The van der Waals surface area contributed by atoms with Crippen LogP contribution in [0.5, 0.6) is 0 Å². The lowest BCUT2D eigenvalue weighted by atomic mass is 9.93. The van der Waals surface area contributed by atoms with E-state index in [1.54, 1.807) is 0 Å². The second-order valence-corrected chi connectivity index (χ2v) is 10.7. The summed E-state index contributed by atoms with van der Waals surface area (Å²) >= 11 is 1.53. The maximum absolute atomic E-state index is 13.6. The molecule has 34 heavy (non-hydrogen) atoms. The van der Waals surface area contributed by atoms with Gasteiger partial charge in [-0.3, -0.25) is 9.36 Å². The van der Waals surface area contributed by atoms with Gasteiger partial charge in [0.25, 0.3) is 0 Å². The lowest BCUT2D eigenvalue weighted by Gasteiger charge is -2.34. The number of para-hydroxylation sites is 1. The van der Waals surface area contributed by atoms with Gasteiger partial charge in [-0.2, -0.15) is 0 Å². The van der Waals surface area contributed by atoms with E-state index in [0.29, 0.717) is 5.75 Å². The Morgan fingerprint density at radius 3 is 2.47 bits per heavy atom. The third kappa shape index (κ3) is 5.60. The lowest BCUT2D eigenvalue weighted by Crippen LogP contribution is -2.42. The molecular weight excluding hydrogens is 446 g/mol. The fourth-order valence-corrected chi connectivity index (χ4v) is 6.35. The third-order valence-corrected chi connectivity index (χ3v) is 8.27. The average molecular weight is 484 g/mol. The first-order chi connectivity index (χ1) is 16.8. The summed E-state index contributed by atoms with van der Waals surface area (Å²) in [5.41, 5.74) is 1.01. The van der Waals surface area contributed by atoms with Crippen LogP contribution in [0.15, 0.2) is 35.5 Å². The van der Waals surface area contributed by atoms with E-state index in [-0.39, 0.29) is 18.1 Å². The van der Waals surface area contributed by atoms with E-state index >= 15 is 0 Å². The van der Waals surface area contributed by atoms with Crippen LogP contribution in [0.1, 0.15) is 64.2 Å². The highest BCUT2D eigenvalue weighted by Crippen LogP contribution is 2.30. The molecule has 2 aromatic rings. The summed E-state index contributed by atoms with van der Waals surface area (Å²) in [4.78, 5) is 18.0. The molecule has 0 spiro atoms. The van der Waals surface area contributed by atoms with Crippen molar-refractivity contribution in [3.63, 3.8) is 0 Å². The minimum atomic E-state index is 0.161. The van der Waals surface area contributed by atoms with Gasteiger partial charge in [-0.15, -0.1) is 10.2 Å². The molecule has 1 saturated carbocycles. The van der Waals surface area contributed by atoms with Gasteiger partial charge in [0.05, 0.1) is 18.4 Å². The number of carbonyl (C=O) groups is 1. The second-order valence-electron chi connectivity index (χ2n) is 9.76. The highest BCUT2D eigenvalue weighted by Gasteiger charge is 2.29. The van der Waals surface area contributed by atoms with E-state index in [1.807, 2.05) is 18.2 Å². The van der Waals surface area contributed by atoms with Crippen molar-refractivity contribution in [2.24, 2.45) is 0 Å². The van der Waals surface area contributed by atoms with Gasteiger partial charge in [0, 0.05) is 31.4 Å². The molecule has 1 aliphatic carbocycles. The van der Waals surface area contributed by atoms with E-state index in [1.165, 1.54) is 50.3 Å². The zero-order valence-electron chi connectivity index (χ0n) is 20.1. The Bertz CT molecular complexity index is 919. The molecule has 184 valence electrons. The molecule has 0 radical (unpaired) electrons.